The molecule has 4 rings (SSSR count). The number of rotatable bonds is 12. The number of ketones is 1. The molecule has 0 fully saturated rings. The lowest BCUT2D eigenvalue weighted by Gasteiger charge is -2.18. The first kappa shape index (κ1) is 29.7. The van der Waals surface area contributed by atoms with Gasteiger partial charge in [0.2, 0.25) is 0 Å². The second-order valence-electron chi connectivity index (χ2n) is 8.96. The molecule has 2 amide bonds. The second kappa shape index (κ2) is 13.8. The standard InChI is InChI=1S/C33H32N2O7/c1-5-41-29-20-27(30(42-6-2)19-26(29)34-32(37)22-10-8-7-9-11-22)35-33(38)23-14-12-21(13-15-23)31(36)25-18-24(39-3)16-17-28(25)40-4/h7-20H,5-6H2,1-4H3,(H,34,37)(H,35,38). The Balaban J connectivity index is 1.57. The van der Waals surface area contributed by atoms with Crippen LogP contribution in [0.5, 0.6) is 23.0 Å². The molecule has 216 valence electrons. The molecule has 42 heavy (non-hydrogen) atoms. The SMILES string of the molecule is CCOc1cc(NC(=O)c2ccc(C(=O)c3cc(OC)ccc3OC)cc2)c(OCC)cc1NC(=O)c1ccccc1. The van der Waals surface area contributed by atoms with Crippen molar-refractivity contribution < 1.29 is 33.3 Å². The third-order valence-corrected chi connectivity index (χ3v) is 6.27. The van der Waals surface area contributed by atoms with Crippen LogP contribution in [0.4, 0.5) is 11.4 Å². The quantitative estimate of drug-likeness (QED) is 0.195. The van der Waals surface area contributed by atoms with Crippen molar-refractivity contribution in [3.63, 3.8) is 0 Å². The summed E-state index contributed by atoms with van der Waals surface area (Å²) in [5.74, 6) is 0.667. The molecule has 0 aliphatic heterocycles. The van der Waals surface area contributed by atoms with Crippen LogP contribution in [0.25, 0.3) is 0 Å². The number of carbonyl (C=O) groups excluding carboxylic acids is 3. The molecule has 4 aromatic carbocycles. The van der Waals surface area contributed by atoms with Gasteiger partial charge in [0.05, 0.1) is 44.4 Å². The minimum atomic E-state index is -0.419. The highest BCUT2D eigenvalue weighted by molar-refractivity contribution is 6.12. The fraction of sp³-hybridized carbons (Fsp3) is 0.182. The van der Waals surface area contributed by atoms with E-state index in [9.17, 15) is 14.4 Å². The van der Waals surface area contributed by atoms with Crippen LogP contribution in [0.2, 0.25) is 0 Å². The zero-order valence-electron chi connectivity index (χ0n) is 23.9. The van der Waals surface area contributed by atoms with Crippen molar-refractivity contribution in [2.75, 3.05) is 38.1 Å². The summed E-state index contributed by atoms with van der Waals surface area (Å²) in [6, 6.07) is 23.3. The summed E-state index contributed by atoms with van der Waals surface area (Å²) in [5, 5.41) is 5.72. The van der Waals surface area contributed by atoms with E-state index in [4.69, 9.17) is 18.9 Å². The average Bonchev–Trinajstić information content (AvgIpc) is 3.02. The molecule has 0 aliphatic rings. The van der Waals surface area contributed by atoms with E-state index in [0.29, 0.717) is 69.8 Å². The van der Waals surface area contributed by atoms with E-state index in [1.807, 2.05) is 19.9 Å². The maximum absolute atomic E-state index is 13.2. The van der Waals surface area contributed by atoms with Crippen molar-refractivity contribution in [1.82, 2.24) is 0 Å². The summed E-state index contributed by atoms with van der Waals surface area (Å²) < 4.78 is 22.1. The Kier molecular flexibility index (Phi) is 9.78. The van der Waals surface area contributed by atoms with E-state index in [-0.39, 0.29) is 11.7 Å². The molecule has 0 saturated heterocycles. The third-order valence-electron chi connectivity index (χ3n) is 6.27. The summed E-state index contributed by atoms with van der Waals surface area (Å²) >= 11 is 0. The van der Waals surface area contributed by atoms with Crippen molar-refractivity contribution in [1.29, 1.82) is 0 Å². The molecule has 0 aliphatic carbocycles. The highest BCUT2D eigenvalue weighted by atomic mass is 16.5. The van der Waals surface area contributed by atoms with E-state index in [0.717, 1.165) is 0 Å². The van der Waals surface area contributed by atoms with Crippen LogP contribution in [0.15, 0.2) is 84.9 Å². The van der Waals surface area contributed by atoms with E-state index >= 15 is 0 Å². The van der Waals surface area contributed by atoms with Crippen molar-refractivity contribution in [2.24, 2.45) is 0 Å². The van der Waals surface area contributed by atoms with Crippen molar-refractivity contribution >= 4 is 29.0 Å². The molecule has 0 saturated carbocycles. The van der Waals surface area contributed by atoms with Crippen LogP contribution in [0.1, 0.15) is 50.5 Å². The molecule has 0 radical (unpaired) electrons. The van der Waals surface area contributed by atoms with Gasteiger partial charge in [0.1, 0.15) is 23.0 Å². The van der Waals surface area contributed by atoms with Gasteiger partial charge in [-0.05, 0) is 56.3 Å². The Morgan fingerprint density at radius 2 is 1.12 bits per heavy atom. The number of hydrogen-bond acceptors (Lipinski definition) is 7. The van der Waals surface area contributed by atoms with Gasteiger partial charge in [0.25, 0.3) is 11.8 Å². The summed E-state index contributed by atoms with van der Waals surface area (Å²) in [6.07, 6.45) is 0. The Bertz CT molecular complexity index is 1570. The van der Waals surface area contributed by atoms with Gasteiger partial charge >= 0.3 is 0 Å². The largest absolute Gasteiger partial charge is 0.497 e. The number of nitrogens with one attached hydrogen (secondary N) is 2. The Morgan fingerprint density at radius 3 is 1.62 bits per heavy atom. The molecule has 0 spiro atoms. The summed E-state index contributed by atoms with van der Waals surface area (Å²) in [4.78, 5) is 39.2. The third kappa shape index (κ3) is 6.87. The smallest absolute Gasteiger partial charge is 0.255 e. The van der Waals surface area contributed by atoms with Crippen LogP contribution in [-0.2, 0) is 0 Å². The Labute approximate surface area is 244 Å². The molecular weight excluding hydrogens is 536 g/mol. The molecular formula is C33H32N2O7. The summed E-state index contributed by atoms with van der Waals surface area (Å²) in [5.41, 5.74) is 2.31. The van der Waals surface area contributed by atoms with Gasteiger partial charge in [-0.25, -0.2) is 0 Å². The Hall–Kier alpha value is -5.31. The van der Waals surface area contributed by atoms with Gasteiger partial charge in [0, 0.05) is 28.8 Å². The van der Waals surface area contributed by atoms with Gasteiger partial charge < -0.3 is 29.6 Å². The van der Waals surface area contributed by atoms with E-state index in [1.165, 1.54) is 14.2 Å². The van der Waals surface area contributed by atoms with Gasteiger partial charge in [-0.1, -0.05) is 30.3 Å². The normalized spacial score (nSPS) is 10.4. The minimum Gasteiger partial charge on any atom is -0.497 e. The zero-order chi connectivity index (χ0) is 30.1. The number of methoxy groups -OCH3 is 2. The molecule has 2 N–H and O–H groups in total. The first-order valence-corrected chi connectivity index (χ1v) is 13.4. The number of benzene rings is 4. The van der Waals surface area contributed by atoms with E-state index < -0.39 is 5.91 Å². The monoisotopic (exact) mass is 568 g/mol. The predicted octanol–water partition coefficient (Wildman–Crippen LogP) is 6.24. The molecule has 9 heteroatoms. The lowest BCUT2D eigenvalue weighted by molar-refractivity contribution is 0.101. The average molecular weight is 569 g/mol. The first-order chi connectivity index (χ1) is 20.4. The number of carbonyl (C=O) groups is 3. The lowest BCUT2D eigenvalue weighted by atomic mass is 10.0. The van der Waals surface area contributed by atoms with Crippen LogP contribution < -0.4 is 29.6 Å². The number of ether oxygens (including phenoxy) is 4. The minimum absolute atomic E-state index is 0.272. The maximum atomic E-state index is 13.2. The van der Waals surface area contributed by atoms with Crippen LogP contribution in [0.3, 0.4) is 0 Å². The van der Waals surface area contributed by atoms with Crippen molar-refractivity contribution in [2.45, 2.75) is 13.8 Å². The van der Waals surface area contributed by atoms with Crippen molar-refractivity contribution in [3.05, 3.63) is 107 Å². The molecule has 9 nitrogen and oxygen atoms in total. The number of amides is 2. The summed E-state index contributed by atoms with van der Waals surface area (Å²) in [7, 11) is 3.01. The fourth-order valence-electron chi connectivity index (χ4n) is 4.20. The van der Waals surface area contributed by atoms with Gasteiger partial charge in [0.15, 0.2) is 5.78 Å². The van der Waals surface area contributed by atoms with Crippen LogP contribution in [-0.4, -0.2) is 45.0 Å². The molecule has 0 heterocycles. The maximum Gasteiger partial charge on any atom is 0.255 e. The molecule has 0 bridgehead atoms. The highest BCUT2D eigenvalue weighted by Gasteiger charge is 2.19. The van der Waals surface area contributed by atoms with Crippen molar-refractivity contribution in [3.8, 4) is 23.0 Å². The van der Waals surface area contributed by atoms with Crippen LogP contribution >= 0.6 is 0 Å². The fourth-order valence-corrected chi connectivity index (χ4v) is 4.20. The molecule has 0 unspecified atom stereocenters. The molecule has 4 aromatic rings. The number of anilines is 2. The first-order valence-electron chi connectivity index (χ1n) is 13.4. The predicted molar refractivity (Wildman–Crippen MR) is 161 cm³/mol. The lowest BCUT2D eigenvalue weighted by Crippen LogP contribution is -2.16. The van der Waals surface area contributed by atoms with E-state index in [2.05, 4.69) is 10.6 Å². The van der Waals surface area contributed by atoms with Crippen LogP contribution in [0, 0.1) is 0 Å². The van der Waals surface area contributed by atoms with Gasteiger partial charge in [-0.3, -0.25) is 14.4 Å². The number of hydrogen-bond donors (Lipinski definition) is 2. The van der Waals surface area contributed by atoms with Gasteiger partial charge in [-0.15, -0.1) is 0 Å². The zero-order valence-corrected chi connectivity index (χ0v) is 23.9. The molecule has 0 atom stereocenters. The Morgan fingerprint density at radius 1 is 0.595 bits per heavy atom. The molecule has 0 aromatic heterocycles. The summed E-state index contributed by atoms with van der Waals surface area (Å²) in [6.45, 7) is 4.30. The second-order valence-corrected chi connectivity index (χ2v) is 8.96. The topological polar surface area (TPSA) is 112 Å². The van der Waals surface area contributed by atoms with Gasteiger partial charge in [-0.2, -0.15) is 0 Å². The highest BCUT2D eigenvalue weighted by Crippen LogP contribution is 2.37. The van der Waals surface area contributed by atoms with E-state index in [1.54, 1.807) is 78.9 Å².